The Hall–Kier alpha value is -4.38. The monoisotopic (exact) mass is 407 g/mol. The SMILES string of the molecule is O=C(Nc1ccccc1-c1c2ccc(=O)cc-2oc2cc(O)ccc12)c1ccccc1. The number of carbonyl (C=O) groups excluding carboxylic acids is 1. The van der Waals surface area contributed by atoms with Crippen molar-refractivity contribution in [1.82, 2.24) is 0 Å². The van der Waals surface area contributed by atoms with Gasteiger partial charge >= 0.3 is 0 Å². The molecule has 0 radical (unpaired) electrons. The van der Waals surface area contributed by atoms with Crippen LogP contribution >= 0.6 is 0 Å². The van der Waals surface area contributed by atoms with Crippen LogP contribution in [0.2, 0.25) is 0 Å². The van der Waals surface area contributed by atoms with Gasteiger partial charge in [0.2, 0.25) is 0 Å². The van der Waals surface area contributed by atoms with Crippen molar-refractivity contribution >= 4 is 22.6 Å². The van der Waals surface area contributed by atoms with E-state index in [1.54, 1.807) is 30.3 Å². The van der Waals surface area contributed by atoms with Gasteiger partial charge in [0.05, 0.1) is 0 Å². The molecule has 0 aromatic heterocycles. The number of aromatic hydroxyl groups is 1. The number of amides is 1. The van der Waals surface area contributed by atoms with E-state index in [9.17, 15) is 14.7 Å². The van der Waals surface area contributed by atoms with E-state index in [2.05, 4.69) is 5.32 Å². The lowest BCUT2D eigenvalue weighted by Gasteiger charge is -2.18. The highest BCUT2D eigenvalue weighted by Gasteiger charge is 2.20. The van der Waals surface area contributed by atoms with Crippen molar-refractivity contribution in [3.05, 3.63) is 107 Å². The van der Waals surface area contributed by atoms with Crippen LogP contribution in [-0.2, 0) is 0 Å². The van der Waals surface area contributed by atoms with Gasteiger partial charge < -0.3 is 14.8 Å². The highest BCUT2D eigenvalue weighted by atomic mass is 16.3. The second-order valence-electron chi connectivity index (χ2n) is 7.18. The minimum atomic E-state index is -0.221. The van der Waals surface area contributed by atoms with Crippen molar-refractivity contribution in [3.63, 3.8) is 0 Å². The Morgan fingerprint density at radius 1 is 0.806 bits per heavy atom. The van der Waals surface area contributed by atoms with Crippen LogP contribution in [0.4, 0.5) is 5.69 Å². The van der Waals surface area contributed by atoms with E-state index in [0.717, 1.165) is 22.1 Å². The predicted molar refractivity (Wildman–Crippen MR) is 121 cm³/mol. The Balaban J connectivity index is 1.75. The van der Waals surface area contributed by atoms with Crippen LogP contribution in [0.15, 0.2) is 100 Å². The first-order chi connectivity index (χ1) is 15.1. The van der Waals surface area contributed by atoms with Gasteiger partial charge in [-0.1, -0.05) is 36.4 Å². The van der Waals surface area contributed by atoms with Gasteiger partial charge in [-0.15, -0.1) is 0 Å². The highest BCUT2D eigenvalue weighted by Crippen LogP contribution is 2.43. The molecule has 1 heterocycles. The third-order valence-electron chi connectivity index (χ3n) is 5.16. The van der Waals surface area contributed by atoms with Gasteiger partial charge in [0.15, 0.2) is 5.43 Å². The molecule has 0 fully saturated rings. The number of para-hydroxylation sites is 1. The Morgan fingerprint density at radius 2 is 1.58 bits per heavy atom. The molecule has 0 saturated heterocycles. The second-order valence-corrected chi connectivity index (χ2v) is 7.18. The zero-order chi connectivity index (χ0) is 21.4. The number of rotatable bonds is 3. The molecule has 5 rings (SSSR count). The molecule has 3 aromatic carbocycles. The molecule has 5 nitrogen and oxygen atoms in total. The van der Waals surface area contributed by atoms with Gasteiger partial charge in [-0.05, 0) is 42.5 Å². The summed E-state index contributed by atoms with van der Waals surface area (Å²) in [7, 11) is 0. The standard InChI is InChI=1S/C26H17NO4/c28-17-10-12-20-23(14-17)31-24-15-18(29)11-13-21(24)25(20)19-8-4-5-9-22(19)27-26(30)16-6-2-1-3-7-16/h1-15,28H,(H,27,30). The van der Waals surface area contributed by atoms with Crippen molar-refractivity contribution in [3.8, 4) is 28.2 Å². The summed E-state index contributed by atoms with van der Waals surface area (Å²) in [6, 6.07) is 26.0. The van der Waals surface area contributed by atoms with E-state index in [1.807, 2.05) is 42.5 Å². The molecule has 2 aliphatic rings. The molecule has 0 unspecified atom stereocenters. The number of phenolic OH excluding ortho intramolecular Hbond substituents is 1. The topological polar surface area (TPSA) is 79.5 Å². The number of nitrogens with one attached hydrogen (secondary N) is 1. The van der Waals surface area contributed by atoms with Crippen molar-refractivity contribution < 1.29 is 14.3 Å². The fraction of sp³-hybridized carbons (Fsp3) is 0. The molecule has 0 bridgehead atoms. The minimum Gasteiger partial charge on any atom is -0.508 e. The summed E-state index contributed by atoms with van der Waals surface area (Å²) in [5, 5.41) is 13.7. The maximum atomic E-state index is 12.8. The largest absolute Gasteiger partial charge is 0.508 e. The van der Waals surface area contributed by atoms with E-state index in [0.29, 0.717) is 22.6 Å². The number of hydrogen-bond donors (Lipinski definition) is 2. The summed E-state index contributed by atoms with van der Waals surface area (Å²) in [6.45, 7) is 0. The first-order valence-corrected chi connectivity index (χ1v) is 9.75. The van der Waals surface area contributed by atoms with Crippen molar-refractivity contribution in [1.29, 1.82) is 0 Å². The number of phenols is 1. The Labute approximate surface area is 177 Å². The fourth-order valence-corrected chi connectivity index (χ4v) is 3.74. The smallest absolute Gasteiger partial charge is 0.255 e. The fourth-order valence-electron chi connectivity index (χ4n) is 3.74. The Kier molecular flexibility index (Phi) is 4.49. The van der Waals surface area contributed by atoms with Gasteiger partial charge in [-0.25, -0.2) is 0 Å². The zero-order valence-corrected chi connectivity index (χ0v) is 16.3. The molecule has 0 saturated carbocycles. The molecule has 5 heteroatoms. The molecule has 0 spiro atoms. The normalized spacial score (nSPS) is 11.0. The van der Waals surface area contributed by atoms with E-state index in [1.165, 1.54) is 18.2 Å². The first-order valence-electron chi connectivity index (χ1n) is 9.75. The third-order valence-corrected chi connectivity index (χ3v) is 5.16. The van der Waals surface area contributed by atoms with Crippen LogP contribution in [0.5, 0.6) is 5.75 Å². The van der Waals surface area contributed by atoms with Gasteiger partial charge in [-0.3, -0.25) is 9.59 Å². The number of carbonyl (C=O) groups is 1. The molecule has 1 amide bonds. The summed E-state index contributed by atoms with van der Waals surface area (Å²) in [6.07, 6.45) is 0. The average Bonchev–Trinajstić information content (AvgIpc) is 2.78. The molecule has 1 aliphatic heterocycles. The molecular weight excluding hydrogens is 390 g/mol. The summed E-state index contributed by atoms with van der Waals surface area (Å²) in [4.78, 5) is 24.7. The third kappa shape index (κ3) is 3.42. The van der Waals surface area contributed by atoms with Gasteiger partial charge in [0, 0.05) is 45.5 Å². The van der Waals surface area contributed by atoms with Crippen LogP contribution in [0.3, 0.4) is 0 Å². The van der Waals surface area contributed by atoms with Crippen molar-refractivity contribution in [2.75, 3.05) is 5.32 Å². The minimum absolute atomic E-state index is 0.0606. The first kappa shape index (κ1) is 18.6. The maximum absolute atomic E-state index is 12.8. The Morgan fingerprint density at radius 3 is 2.42 bits per heavy atom. The maximum Gasteiger partial charge on any atom is 0.255 e. The molecule has 150 valence electrons. The highest BCUT2D eigenvalue weighted by molar-refractivity contribution is 6.10. The van der Waals surface area contributed by atoms with Crippen molar-refractivity contribution in [2.24, 2.45) is 0 Å². The predicted octanol–water partition coefficient (Wildman–Crippen LogP) is 5.52. The Bertz CT molecular complexity index is 1450. The second kappa shape index (κ2) is 7.46. The van der Waals surface area contributed by atoms with E-state index in [4.69, 9.17) is 4.42 Å². The molecule has 1 aliphatic carbocycles. The molecular formula is C26H17NO4. The lowest BCUT2D eigenvalue weighted by Crippen LogP contribution is -2.12. The lowest BCUT2D eigenvalue weighted by molar-refractivity contribution is 0.102. The van der Waals surface area contributed by atoms with Gasteiger partial charge in [-0.2, -0.15) is 0 Å². The summed E-state index contributed by atoms with van der Waals surface area (Å²) >= 11 is 0. The van der Waals surface area contributed by atoms with Gasteiger partial charge in [0.1, 0.15) is 17.1 Å². The molecule has 0 atom stereocenters. The number of benzene rings is 4. The lowest BCUT2D eigenvalue weighted by atomic mass is 9.92. The van der Waals surface area contributed by atoms with E-state index < -0.39 is 0 Å². The van der Waals surface area contributed by atoms with Crippen LogP contribution in [0, 0.1) is 0 Å². The average molecular weight is 407 g/mol. The number of fused-ring (bicyclic) bond motifs is 2. The van der Waals surface area contributed by atoms with Crippen LogP contribution in [0.1, 0.15) is 10.4 Å². The summed E-state index contributed by atoms with van der Waals surface area (Å²) in [5.74, 6) is 0.247. The van der Waals surface area contributed by atoms with E-state index >= 15 is 0 Å². The van der Waals surface area contributed by atoms with Crippen molar-refractivity contribution in [2.45, 2.75) is 0 Å². The number of hydrogen-bond acceptors (Lipinski definition) is 4. The van der Waals surface area contributed by atoms with Crippen LogP contribution in [-0.4, -0.2) is 11.0 Å². The molecule has 2 N–H and O–H groups in total. The van der Waals surface area contributed by atoms with Gasteiger partial charge in [0.25, 0.3) is 5.91 Å². The molecule has 3 aromatic rings. The zero-order valence-electron chi connectivity index (χ0n) is 16.3. The quantitative estimate of drug-likeness (QED) is 0.386. The molecule has 31 heavy (non-hydrogen) atoms. The van der Waals surface area contributed by atoms with E-state index in [-0.39, 0.29) is 17.1 Å². The van der Waals surface area contributed by atoms with Crippen LogP contribution < -0.4 is 10.7 Å². The summed E-state index contributed by atoms with van der Waals surface area (Å²) < 4.78 is 5.91. The van der Waals surface area contributed by atoms with Crippen LogP contribution in [0.25, 0.3) is 33.4 Å². The number of anilines is 1. The summed E-state index contributed by atoms with van der Waals surface area (Å²) in [5.41, 5.74) is 3.77.